The summed E-state index contributed by atoms with van der Waals surface area (Å²) in [7, 11) is 0. The molecule has 1 aromatic carbocycles. The summed E-state index contributed by atoms with van der Waals surface area (Å²) < 4.78 is 25.7. The van der Waals surface area contributed by atoms with Crippen molar-refractivity contribution in [2.24, 2.45) is 5.92 Å². The molecule has 1 saturated heterocycles. The molecular formula is C12H13F2N. The highest BCUT2D eigenvalue weighted by atomic mass is 19.1. The van der Waals surface area contributed by atoms with E-state index in [9.17, 15) is 8.78 Å². The highest BCUT2D eigenvalue weighted by molar-refractivity contribution is 5.49. The number of hydrogen-bond donors (Lipinski definition) is 1. The molecular weight excluding hydrogens is 196 g/mol. The Balaban J connectivity index is 2.09. The average molecular weight is 209 g/mol. The van der Waals surface area contributed by atoms with Crippen LogP contribution in [0.25, 0.3) is 6.08 Å². The van der Waals surface area contributed by atoms with E-state index < -0.39 is 11.6 Å². The van der Waals surface area contributed by atoms with Gasteiger partial charge in [-0.3, -0.25) is 0 Å². The lowest BCUT2D eigenvalue weighted by molar-refractivity contribution is 0.583. The van der Waals surface area contributed by atoms with Crippen molar-refractivity contribution >= 4 is 6.08 Å². The highest BCUT2D eigenvalue weighted by Crippen LogP contribution is 2.14. The molecule has 1 nitrogen and oxygen atoms in total. The van der Waals surface area contributed by atoms with Gasteiger partial charge in [-0.1, -0.05) is 12.2 Å². The molecule has 1 aliphatic heterocycles. The van der Waals surface area contributed by atoms with E-state index in [0.717, 1.165) is 25.6 Å². The largest absolute Gasteiger partial charge is 0.316 e. The predicted molar refractivity (Wildman–Crippen MR) is 56.4 cm³/mol. The monoisotopic (exact) mass is 209 g/mol. The third-order valence-corrected chi connectivity index (χ3v) is 2.54. The van der Waals surface area contributed by atoms with Crippen molar-refractivity contribution in [3.63, 3.8) is 0 Å². The molecule has 0 radical (unpaired) electrons. The maximum absolute atomic E-state index is 12.8. The minimum Gasteiger partial charge on any atom is -0.316 e. The van der Waals surface area contributed by atoms with Crippen LogP contribution in [0, 0.1) is 17.6 Å². The zero-order valence-corrected chi connectivity index (χ0v) is 8.34. The Morgan fingerprint density at radius 3 is 2.53 bits per heavy atom. The first-order valence-electron chi connectivity index (χ1n) is 5.09. The lowest BCUT2D eigenvalue weighted by atomic mass is 10.1. The van der Waals surface area contributed by atoms with Crippen molar-refractivity contribution in [1.82, 2.24) is 5.32 Å². The van der Waals surface area contributed by atoms with Crippen molar-refractivity contribution in [2.45, 2.75) is 6.42 Å². The smallest absolute Gasteiger partial charge is 0.126 e. The molecule has 80 valence electrons. The molecule has 1 N–H and O–H groups in total. The van der Waals surface area contributed by atoms with Gasteiger partial charge in [-0.15, -0.1) is 0 Å². The molecule has 0 saturated carbocycles. The highest BCUT2D eigenvalue weighted by Gasteiger charge is 2.10. The molecule has 1 atom stereocenters. The quantitative estimate of drug-likeness (QED) is 0.789. The molecule has 3 heteroatoms. The van der Waals surface area contributed by atoms with Crippen LogP contribution < -0.4 is 5.32 Å². The number of benzene rings is 1. The van der Waals surface area contributed by atoms with Crippen LogP contribution in [0.3, 0.4) is 0 Å². The number of halogens is 2. The molecule has 1 aromatic rings. The van der Waals surface area contributed by atoms with Crippen molar-refractivity contribution < 1.29 is 8.78 Å². The normalized spacial score (nSPS) is 21.3. The summed E-state index contributed by atoms with van der Waals surface area (Å²) in [5.74, 6) is -0.574. The van der Waals surface area contributed by atoms with Gasteiger partial charge < -0.3 is 5.32 Å². The number of hydrogen-bond acceptors (Lipinski definition) is 1. The summed E-state index contributed by atoms with van der Waals surface area (Å²) in [6, 6.07) is 3.55. The molecule has 1 aliphatic rings. The van der Waals surface area contributed by atoms with Crippen molar-refractivity contribution in [3.8, 4) is 0 Å². The van der Waals surface area contributed by atoms with Gasteiger partial charge in [0.1, 0.15) is 11.6 Å². The van der Waals surface area contributed by atoms with E-state index >= 15 is 0 Å². The Morgan fingerprint density at radius 1 is 1.20 bits per heavy atom. The first-order chi connectivity index (χ1) is 7.24. The summed E-state index contributed by atoms with van der Waals surface area (Å²) in [5, 5.41) is 3.23. The minimum absolute atomic E-state index is 0.483. The fraction of sp³-hybridized carbons (Fsp3) is 0.333. The Kier molecular flexibility index (Phi) is 3.11. The van der Waals surface area contributed by atoms with Crippen LogP contribution >= 0.6 is 0 Å². The molecule has 2 rings (SSSR count). The molecule has 0 amide bonds. The molecule has 0 spiro atoms. The maximum atomic E-state index is 12.8. The van der Waals surface area contributed by atoms with Crippen LogP contribution in [0.2, 0.25) is 0 Å². The van der Waals surface area contributed by atoms with E-state index in [1.165, 1.54) is 12.1 Å². The Morgan fingerprint density at radius 2 is 1.93 bits per heavy atom. The van der Waals surface area contributed by atoms with Crippen molar-refractivity contribution in [1.29, 1.82) is 0 Å². The fourth-order valence-electron chi connectivity index (χ4n) is 1.76. The average Bonchev–Trinajstić information content (AvgIpc) is 2.65. The summed E-state index contributed by atoms with van der Waals surface area (Å²) >= 11 is 0. The molecule has 0 aromatic heterocycles. The SMILES string of the molecule is Fc1cc(F)cc(/C=C/C2CCNC2)c1. The van der Waals surface area contributed by atoms with E-state index in [1.54, 1.807) is 6.08 Å². The molecule has 0 bridgehead atoms. The van der Waals surface area contributed by atoms with Crippen LogP contribution in [0.5, 0.6) is 0 Å². The van der Waals surface area contributed by atoms with E-state index in [1.807, 2.05) is 6.08 Å². The van der Waals surface area contributed by atoms with E-state index in [-0.39, 0.29) is 0 Å². The predicted octanol–water partition coefficient (Wildman–Crippen LogP) is 2.59. The van der Waals surface area contributed by atoms with Crippen molar-refractivity contribution in [2.75, 3.05) is 13.1 Å². The Bertz CT molecular complexity index is 348. The van der Waals surface area contributed by atoms with Gasteiger partial charge in [0.25, 0.3) is 0 Å². The molecule has 1 unspecified atom stereocenters. The van der Waals surface area contributed by atoms with Gasteiger partial charge >= 0.3 is 0 Å². The Hall–Kier alpha value is -1.22. The van der Waals surface area contributed by atoms with Gasteiger partial charge in [0, 0.05) is 12.6 Å². The second kappa shape index (κ2) is 4.53. The summed E-state index contributed by atoms with van der Waals surface area (Å²) in [4.78, 5) is 0. The number of rotatable bonds is 2. The van der Waals surface area contributed by atoms with Gasteiger partial charge in [-0.05, 0) is 36.6 Å². The van der Waals surface area contributed by atoms with Gasteiger partial charge in [0.15, 0.2) is 0 Å². The zero-order valence-electron chi connectivity index (χ0n) is 8.34. The standard InChI is InChI=1S/C12H13F2N/c13-11-5-10(6-12(14)7-11)2-1-9-3-4-15-8-9/h1-2,5-7,9,15H,3-4,8H2/b2-1+. The van der Waals surface area contributed by atoms with Gasteiger partial charge in [-0.2, -0.15) is 0 Å². The fourth-order valence-corrected chi connectivity index (χ4v) is 1.76. The first kappa shape index (κ1) is 10.3. The summed E-state index contributed by atoms with van der Waals surface area (Å²) in [6.07, 6.45) is 4.88. The lowest BCUT2D eigenvalue weighted by Gasteiger charge is -2.00. The maximum Gasteiger partial charge on any atom is 0.126 e. The number of nitrogens with one attached hydrogen (secondary N) is 1. The lowest BCUT2D eigenvalue weighted by Crippen LogP contribution is -2.07. The van der Waals surface area contributed by atoms with Crippen LogP contribution in [0.4, 0.5) is 8.78 Å². The molecule has 1 fully saturated rings. The first-order valence-corrected chi connectivity index (χ1v) is 5.09. The van der Waals surface area contributed by atoms with Crippen LogP contribution in [-0.2, 0) is 0 Å². The molecule has 15 heavy (non-hydrogen) atoms. The summed E-state index contributed by atoms with van der Waals surface area (Å²) in [6.45, 7) is 1.97. The van der Waals surface area contributed by atoms with E-state index in [0.29, 0.717) is 11.5 Å². The van der Waals surface area contributed by atoms with Crippen LogP contribution in [0.15, 0.2) is 24.3 Å². The van der Waals surface area contributed by atoms with E-state index in [4.69, 9.17) is 0 Å². The molecule has 1 heterocycles. The van der Waals surface area contributed by atoms with Gasteiger partial charge in [0.05, 0.1) is 0 Å². The second-order valence-electron chi connectivity index (χ2n) is 3.81. The van der Waals surface area contributed by atoms with Gasteiger partial charge in [0.2, 0.25) is 0 Å². The van der Waals surface area contributed by atoms with Crippen molar-refractivity contribution in [3.05, 3.63) is 41.5 Å². The third kappa shape index (κ3) is 2.86. The van der Waals surface area contributed by atoms with Crippen LogP contribution in [-0.4, -0.2) is 13.1 Å². The molecule has 0 aliphatic carbocycles. The topological polar surface area (TPSA) is 12.0 Å². The van der Waals surface area contributed by atoms with E-state index in [2.05, 4.69) is 5.32 Å². The van der Waals surface area contributed by atoms with Gasteiger partial charge in [-0.25, -0.2) is 8.78 Å². The second-order valence-corrected chi connectivity index (χ2v) is 3.81. The third-order valence-electron chi connectivity index (χ3n) is 2.54. The zero-order chi connectivity index (χ0) is 10.7. The summed E-state index contributed by atoms with van der Waals surface area (Å²) in [5.41, 5.74) is 0.583. The minimum atomic E-state index is -0.529. The van der Waals surface area contributed by atoms with Crippen LogP contribution in [0.1, 0.15) is 12.0 Å². The Labute approximate surface area is 87.8 Å².